The highest BCUT2D eigenvalue weighted by atomic mass is 79.9. The first-order valence-corrected chi connectivity index (χ1v) is 6.02. The van der Waals surface area contributed by atoms with Gasteiger partial charge in [-0.15, -0.1) is 0 Å². The maximum atomic E-state index is 11.9. The van der Waals surface area contributed by atoms with Crippen LogP contribution in [0.15, 0.2) is 47.1 Å². The lowest BCUT2D eigenvalue weighted by atomic mass is 10.3. The number of rotatable bonds is 2. The van der Waals surface area contributed by atoms with Crippen LogP contribution < -0.4 is 5.32 Å². The average Bonchev–Trinajstić information content (AvgIpc) is 2.32. The van der Waals surface area contributed by atoms with Gasteiger partial charge in [0.2, 0.25) is 0 Å². The molecule has 0 aliphatic rings. The summed E-state index contributed by atoms with van der Waals surface area (Å²) in [5.41, 5.74) is 0.893. The number of hydrogen-bond donors (Lipinski definition) is 1. The molecule has 17 heavy (non-hydrogen) atoms. The number of pyridine rings is 1. The normalized spacial score (nSPS) is 10.0. The van der Waals surface area contributed by atoms with Crippen molar-refractivity contribution in [1.29, 1.82) is 0 Å². The van der Waals surface area contributed by atoms with Crippen molar-refractivity contribution in [1.82, 2.24) is 4.98 Å². The fourth-order valence-electron chi connectivity index (χ4n) is 1.30. The maximum absolute atomic E-state index is 11.9. The Morgan fingerprint density at radius 1 is 1.24 bits per heavy atom. The Morgan fingerprint density at radius 3 is 2.71 bits per heavy atom. The number of nitrogens with zero attached hydrogens (tertiary/aromatic N) is 1. The fourth-order valence-corrected chi connectivity index (χ4v) is 1.91. The van der Waals surface area contributed by atoms with Crippen LogP contribution in [0.3, 0.4) is 0 Å². The number of benzene rings is 1. The zero-order chi connectivity index (χ0) is 12.3. The number of hydrogen-bond acceptors (Lipinski definition) is 2. The fraction of sp³-hybridized carbons (Fsp3) is 0. The lowest BCUT2D eigenvalue weighted by molar-refractivity contribution is 0.102. The number of halogens is 2. The molecule has 1 amide bonds. The highest BCUT2D eigenvalue weighted by molar-refractivity contribution is 9.10. The summed E-state index contributed by atoms with van der Waals surface area (Å²) in [6.45, 7) is 0. The molecule has 0 saturated heterocycles. The van der Waals surface area contributed by atoms with E-state index in [0.29, 0.717) is 20.9 Å². The van der Waals surface area contributed by atoms with Gasteiger partial charge < -0.3 is 5.32 Å². The van der Waals surface area contributed by atoms with Gasteiger partial charge in [0.1, 0.15) is 5.69 Å². The van der Waals surface area contributed by atoms with Crippen molar-refractivity contribution in [3.05, 3.63) is 57.8 Å². The van der Waals surface area contributed by atoms with E-state index in [1.54, 1.807) is 42.6 Å². The van der Waals surface area contributed by atoms with Crippen LogP contribution in [-0.4, -0.2) is 10.9 Å². The minimum Gasteiger partial charge on any atom is -0.319 e. The Morgan fingerprint density at radius 2 is 2.00 bits per heavy atom. The molecule has 0 spiro atoms. The van der Waals surface area contributed by atoms with Gasteiger partial charge in [0, 0.05) is 10.7 Å². The Labute approximate surface area is 112 Å². The standard InChI is InChI=1S/C12H8BrClN2O/c13-8-4-3-7-15-11(8)12(17)16-10-6-2-1-5-9(10)14/h1-7H,(H,16,17). The van der Waals surface area contributed by atoms with Crippen molar-refractivity contribution < 1.29 is 4.79 Å². The second-order valence-corrected chi connectivity index (χ2v) is 4.53. The second-order valence-electron chi connectivity index (χ2n) is 3.27. The third-order valence-corrected chi connectivity index (χ3v) is 3.07. The summed E-state index contributed by atoms with van der Waals surface area (Å²) in [5, 5.41) is 3.20. The molecule has 1 N–H and O–H groups in total. The number of amides is 1. The van der Waals surface area contributed by atoms with Crippen LogP contribution in [0.2, 0.25) is 5.02 Å². The zero-order valence-corrected chi connectivity index (χ0v) is 11.0. The lowest BCUT2D eigenvalue weighted by Gasteiger charge is -2.07. The van der Waals surface area contributed by atoms with Crippen LogP contribution in [0.25, 0.3) is 0 Å². The third-order valence-electron chi connectivity index (χ3n) is 2.10. The van der Waals surface area contributed by atoms with E-state index >= 15 is 0 Å². The molecule has 1 aromatic heterocycles. The predicted molar refractivity (Wildman–Crippen MR) is 71.3 cm³/mol. The SMILES string of the molecule is O=C(Nc1ccccc1Cl)c1ncccc1Br. The van der Waals surface area contributed by atoms with E-state index in [0.717, 1.165) is 0 Å². The highest BCUT2D eigenvalue weighted by Gasteiger charge is 2.12. The molecule has 0 aliphatic heterocycles. The predicted octanol–water partition coefficient (Wildman–Crippen LogP) is 3.75. The third kappa shape index (κ3) is 2.84. The number of nitrogens with one attached hydrogen (secondary N) is 1. The summed E-state index contributed by atoms with van der Waals surface area (Å²) in [5.74, 6) is -0.300. The zero-order valence-electron chi connectivity index (χ0n) is 8.65. The molecular formula is C12H8BrClN2O. The van der Waals surface area contributed by atoms with Gasteiger partial charge >= 0.3 is 0 Å². The van der Waals surface area contributed by atoms with E-state index in [-0.39, 0.29) is 5.91 Å². The number of aromatic nitrogens is 1. The van der Waals surface area contributed by atoms with Crippen LogP contribution in [-0.2, 0) is 0 Å². The average molecular weight is 312 g/mol. The number of carbonyl (C=O) groups is 1. The Hall–Kier alpha value is -1.39. The van der Waals surface area contributed by atoms with Crippen LogP contribution >= 0.6 is 27.5 Å². The first-order valence-electron chi connectivity index (χ1n) is 4.85. The molecule has 2 aromatic rings. The summed E-state index contributed by atoms with van der Waals surface area (Å²) >= 11 is 9.22. The van der Waals surface area contributed by atoms with E-state index in [2.05, 4.69) is 26.2 Å². The number of carbonyl (C=O) groups excluding carboxylic acids is 1. The van der Waals surface area contributed by atoms with Gasteiger partial charge in [0.25, 0.3) is 5.91 Å². The molecule has 86 valence electrons. The minimum atomic E-state index is -0.300. The van der Waals surface area contributed by atoms with E-state index in [9.17, 15) is 4.79 Å². The van der Waals surface area contributed by atoms with Gasteiger partial charge in [-0.3, -0.25) is 4.79 Å². The van der Waals surface area contributed by atoms with Crippen molar-refractivity contribution in [3.63, 3.8) is 0 Å². The summed E-state index contributed by atoms with van der Waals surface area (Å²) in [4.78, 5) is 15.9. The monoisotopic (exact) mass is 310 g/mol. The first-order chi connectivity index (χ1) is 8.18. The van der Waals surface area contributed by atoms with Crippen LogP contribution in [0.1, 0.15) is 10.5 Å². The summed E-state index contributed by atoms with van der Waals surface area (Å²) in [6, 6.07) is 10.6. The molecule has 1 aromatic carbocycles. The van der Waals surface area contributed by atoms with Crippen molar-refractivity contribution in [2.24, 2.45) is 0 Å². The summed E-state index contributed by atoms with van der Waals surface area (Å²) < 4.78 is 0.643. The van der Waals surface area contributed by atoms with Gasteiger partial charge in [-0.1, -0.05) is 23.7 Å². The molecule has 0 saturated carbocycles. The van der Waals surface area contributed by atoms with Gasteiger partial charge in [-0.05, 0) is 40.2 Å². The van der Waals surface area contributed by atoms with Gasteiger partial charge in [0.15, 0.2) is 0 Å². The van der Waals surface area contributed by atoms with Crippen LogP contribution in [0.4, 0.5) is 5.69 Å². The van der Waals surface area contributed by atoms with Crippen molar-refractivity contribution >= 4 is 39.1 Å². The number of para-hydroxylation sites is 1. The quantitative estimate of drug-likeness (QED) is 0.918. The van der Waals surface area contributed by atoms with E-state index in [1.807, 2.05) is 0 Å². The van der Waals surface area contributed by atoms with Crippen molar-refractivity contribution in [2.45, 2.75) is 0 Å². The molecular weight excluding hydrogens is 304 g/mol. The van der Waals surface area contributed by atoms with Gasteiger partial charge in [0.05, 0.1) is 10.7 Å². The van der Waals surface area contributed by atoms with Crippen LogP contribution in [0.5, 0.6) is 0 Å². The molecule has 0 unspecified atom stereocenters. The number of anilines is 1. The Bertz CT molecular complexity index is 560. The molecule has 1 heterocycles. The summed E-state index contributed by atoms with van der Waals surface area (Å²) in [6.07, 6.45) is 1.56. The Balaban J connectivity index is 2.24. The molecule has 0 fully saturated rings. The molecule has 0 aliphatic carbocycles. The molecule has 0 atom stereocenters. The minimum absolute atomic E-state index is 0.300. The molecule has 5 heteroatoms. The van der Waals surface area contributed by atoms with E-state index < -0.39 is 0 Å². The van der Waals surface area contributed by atoms with Crippen molar-refractivity contribution in [2.75, 3.05) is 5.32 Å². The highest BCUT2D eigenvalue weighted by Crippen LogP contribution is 2.22. The van der Waals surface area contributed by atoms with Gasteiger partial charge in [-0.25, -0.2) is 4.98 Å². The first kappa shape index (κ1) is 12.1. The van der Waals surface area contributed by atoms with Gasteiger partial charge in [-0.2, -0.15) is 0 Å². The lowest BCUT2D eigenvalue weighted by Crippen LogP contribution is -2.14. The van der Waals surface area contributed by atoms with Crippen LogP contribution in [0, 0.1) is 0 Å². The second kappa shape index (κ2) is 5.29. The summed E-state index contributed by atoms with van der Waals surface area (Å²) in [7, 11) is 0. The molecule has 0 radical (unpaired) electrons. The molecule has 0 bridgehead atoms. The van der Waals surface area contributed by atoms with E-state index in [1.165, 1.54) is 0 Å². The largest absolute Gasteiger partial charge is 0.319 e. The van der Waals surface area contributed by atoms with Crippen molar-refractivity contribution in [3.8, 4) is 0 Å². The smallest absolute Gasteiger partial charge is 0.275 e. The Kier molecular flexibility index (Phi) is 3.76. The van der Waals surface area contributed by atoms with E-state index in [4.69, 9.17) is 11.6 Å². The maximum Gasteiger partial charge on any atom is 0.275 e. The molecule has 2 rings (SSSR count). The topological polar surface area (TPSA) is 42.0 Å². The molecule has 3 nitrogen and oxygen atoms in total.